The molecule has 0 saturated carbocycles. The molecule has 0 aliphatic carbocycles. The highest BCUT2D eigenvalue weighted by molar-refractivity contribution is 5.76. The first-order chi connectivity index (χ1) is 41.2. The van der Waals surface area contributed by atoms with E-state index in [-0.39, 0.29) is 18.5 Å². The Hall–Kier alpha value is -2.64. The lowest BCUT2D eigenvalue weighted by atomic mass is 9.99. The lowest BCUT2D eigenvalue weighted by Gasteiger charge is -2.40. The Bertz CT molecular complexity index is 1580. The van der Waals surface area contributed by atoms with E-state index in [4.69, 9.17) is 14.2 Å². The Morgan fingerprint density at radius 2 is 0.845 bits per heavy atom. The summed E-state index contributed by atoms with van der Waals surface area (Å²) < 4.78 is 16.7. The molecule has 7 unspecified atom stereocenters. The molecular formula is C73H133NO10. The lowest BCUT2D eigenvalue weighted by Crippen LogP contribution is -2.60. The SMILES string of the molecule is CC/C=C/CC/C=C/CC/C=C/C(O)C(COC1OC(CO)C(O)C(O)C1O)NC(=O)CCCCCCCCCCCCCCC/C=C\C/C=C\CCCCCCCCCCCOC(=O)CCCCCCCCCCCCCCCCCCC. The fourth-order valence-electron chi connectivity index (χ4n) is 11.0. The van der Waals surface area contributed by atoms with Crippen LogP contribution in [-0.4, -0.2) is 100 Å². The maximum atomic E-state index is 13.0. The largest absolute Gasteiger partial charge is 0.466 e. The van der Waals surface area contributed by atoms with Crippen molar-refractivity contribution in [2.24, 2.45) is 0 Å². The summed E-state index contributed by atoms with van der Waals surface area (Å²) >= 11 is 0. The van der Waals surface area contributed by atoms with Crippen LogP contribution in [0.15, 0.2) is 60.8 Å². The highest BCUT2D eigenvalue weighted by Crippen LogP contribution is 2.23. The van der Waals surface area contributed by atoms with Crippen molar-refractivity contribution in [2.75, 3.05) is 19.8 Å². The van der Waals surface area contributed by atoms with Gasteiger partial charge in [-0.05, 0) is 83.5 Å². The summed E-state index contributed by atoms with van der Waals surface area (Å²) in [6.07, 6.45) is 72.4. The zero-order chi connectivity index (χ0) is 60.9. The Morgan fingerprint density at radius 1 is 0.452 bits per heavy atom. The molecule has 0 aromatic carbocycles. The van der Waals surface area contributed by atoms with E-state index < -0.39 is 49.5 Å². The van der Waals surface area contributed by atoms with Crippen LogP contribution in [-0.2, 0) is 23.8 Å². The first kappa shape index (κ1) is 79.4. The van der Waals surface area contributed by atoms with Gasteiger partial charge in [-0.3, -0.25) is 9.59 Å². The summed E-state index contributed by atoms with van der Waals surface area (Å²) in [6, 6.07) is -0.836. The fraction of sp³-hybridized carbons (Fsp3) is 0.836. The highest BCUT2D eigenvalue weighted by atomic mass is 16.7. The average molecular weight is 1180 g/mol. The Morgan fingerprint density at radius 3 is 1.30 bits per heavy atom. The van der Waals surface area contributed by atoms with Gasteiger partial charge in [0, 0.05) is 12.8 Å². The summed E-state index contributed by atoms with van der Waals surface area (Å²) in [4.78, 5) is 25.1. The molecule has 6 N–H and O–H groups in total. The van der Waals surface area contributed by atoms with Crippen LogP contribution in [0, 0.1) is 0 Å². The van der Waals surface area contributed by atoms with Crippen LogP contribution < -0.4 is 5.32 Å². The number of allylic oxidation sites excluding steroid dienone is 9. The number of ether oxygens (including phenoxy) is 3. The van der Waals surface area contributed by atoms with Crippen molar-refractivity contribution in [3.8, 4) is 0 Å². The third-order valence-corrected chi connectivity index (χ3v) is 16.6. The van der Waals surface area contributed by atoms with Gasteiger partial charge in [0.15, 0.2) is 6.29 Å². The summed E-state index contributed by atoms with van der Waals surface area (Å²) in [6.45, 7) is 4.22. The van der Waals surface area contributed by atoms with Gasteiger partial charge in [0.05, 0.1) is 32.0 Å². The summed E-state index contributed by atoms with van der Waals surface area (Å²) in [5, 5.41) is 54.3. The number of nitrogens with one attached hydrogen (secondary N) is 1. The molecule has 1 amide bonds. The van der Waals surface area contributed by atoms with Crippen LogP contribution in [0.4, 0.5) is 0 Å². The van der Waals surface area contributed by atoms with Crippen molar-refractivity contribution in [1.82, 2.24) is 5.32 Å². The normalized spacial score (nSPS) is 18.4. The van der Waals surface area contributed by atoms with Gasteiger partial charge in [-0.2, -0.15) is 0 Å². The molecule has 1 fully saturated rings. The number of unbranched alkanes of at least 4 members (excludes halogenated alkanes) is 40. The van der Waals surface area contributed by atoms with Crippen molar-refractivity contribution in [3.05, 3.63) is 60.8 Å². The molecule has 1 aliphatic rings. The number of rotatable bonds is 62. The number of carbonyl (C=O) groups is 2. The van der Waals surface area contributed by atoms with Gasteiger partial charge < -0.3 is 45.1 Å². The number of hydrogen-bond donors (Lipinski definition) is 6. The standard InChI is InChI=1S/C73H133NO10/c1-3-5-7-9-11-13-15-16-17-31-35-38-41-45-49-53-57-61-69(78)82-62-58-54-50-46-42-39-36-33-30-28-26-24-22-20-18-19-21-23-25-27-29-32-34-37-40-44-48-52-56-60-68(77)74-65(64-83-73-72(81)71(80)70(79)67(63-75)84-73)66(76)59-55-51-47-43-14-12-10-8-6-4-2/h6,8,14,18,20,24,26,43,55,59,65-67,70-73,75-76,79-81H,3-5,7,9-13,15-17,19,21-23,25,27-42,44-54,56-58,60-64H2,1-2H3,(H,74,77)/b8-6+,20-18-,26-24-,43-14+,59-55+. The van der Waals surface area contributed by atoms with Gasteiger partial charge in [-0.1, -0.05) is 293 Å². The molecule has 0 aromatic rings. The predicted molar refractivity (Wildman–Crippen MR) is 352 cm³/mol. The van der Waals surface area contributed by atoms with Gasteiger partial charge in [-0.25, -0.2) is 0 Å². The first-order valence-electron chi connectivity index (χ1n) is 35.6. The number of carbonyl (C=O) groups excluding carboxylic acids is 2. The van der Waals surface area contributed by atoms with Crippen LogP contribution >= 0.6 is 0 Å². The second-order valence-electron chi connectivity index (χ2n) is 24.5. The van der Waals surface area contributed by atoms with E-state index in [9.17, 15) is 35.1 Å². The van der Waals surface area contributed by atoms with Gasteiger partial charge in [0.1, 0.15) is 24.4 Å². The van der Waals surface area contributed by atoms with E-state index in [1.54, 1.807) is 6.08 Å². The molecule has 11 nitrogen and oxygen atoms in total. The molecule has 7 atom stereocenters. The third-order valence-electron chi connectivity index (χ3n) is 16.6. The Balaban J connectivity index is 1.94. The zero-order valence-corrected chi connectivity index (χ0v) is 54.4. The monoisotopic (exact) mass is 1180 g/mol. The molecule has 1 aliphatic heterocycles. The molecular weight excluding hydrogens is 1050 g/mol. The van der Waals surface area contributed by atoms with Crippen LogP contribution in [0.1, 0.15) is 328 Å². The van der Waals surface area contributed by atoms with Gasteiger partial charge >= 0.3 is 5.97 Å². The van der Waals surface area contributed by atoms with Crippen molar-refractivity contribution < 1.29 is 49.3 Å². The van der Waals surface area contributed by atoms with Crippen LogP contribution in [0.25, 0.3) is 0 Å². The smallest absolute Gasteiger partial charge is 0.305 e. The summed E-state index contributed by atoms with van der Waals surface area (Å²) in [7, 11) is 0. The minimum Gasteiger partial charge on any atom is -0.466 e. The molecule has 84 heavy (non-hydrogen) atoms. The summed E-state index contributed by atoms with van der Waals surface area (Å²) in [5.74, 6) is -0.193. The van der Waals surface area contributed by atoms with Gasteiger partial charge in [-0.15, -0.1) is 0 Å². The third kappa shape index (κ3) is 50.4. The number of hydrogen-bond acceptors (Lipinski definition) is 10. The molecule has 11 heteroatoms. The van der Waals surface area contributed by atoms with E-state index in [1.165, 1.54) is 225 Å². The van der Waals surface area contributed by atoms with Crippen molar-refractivity contribution in [2.45, 2.75) is 371 Å². The Labute approximate surface area is 516 Å². The molecule has 1 saturated heterocycles. The molecule has 0 aromatic heterocycles. The van der Waals surface area contributed by atoms with Crippen molar-refractivity contribution in [1.29, 1.82) is 0 Å². The number of esters is 1. The maximum Gasteiger partial charge on any atom is 0.305 e. The fourth-order valence-corrected chi connectivity index (χ4v) is 11.0. The van der Waals surface area contributed by atoms with Gasteiger partial charge in [0.2, 0.25) is 5.91 Å². The topological polar surface area (TPSA) is 175 Å². The maximum absolute atomic E-state index is 13.0. The van der Waals surface area contributed by atoms with Crippen LogP contribution in [0.3, 0.4) is 0 Å². The second kappa shape index (κ2) is 62.0. The molecule has 490 valence electrons. The van der Waals surface area contributed by atoms with E-state index in [0.29, 0.717) is 19.4 Å². The van der Waals surface area contributed by atoms with E-state index in [0.717, 1.165) is 77.0 Å². The molecule has 1 rings (SSSR count). The number of amides is 1. The Kier molecular flexibility index (Phi) is 58.6. The second-order valence-corrected chi connectivity index (χ2v) is 24.5. The average Bonchev–Trinajstić information content (AvgIpc) is 3.36. The highest BCUT2D eigenvalue weighted by Gasteiger charge is 2.44. The van der Waals surface area contributed by atoms with Crippen molar-refractivity contribution >= 4 is 11.9 Å². The lowest BCUT2D eigenvalue weighted by molar-refractivity contribution is -0.302. The minimum atomic E-state index is -1.58. The van der Waals surface area contributed by atoms with E-state index in [2.05, 4.69) is 67.8 Å². The molecule has 0 spiro atoms. The van der Waals surface area contributed by atoms with Crippen LogP contribution in [0.2, 0.25) is 0 Å². The first-order valence-corrected chi connectivity index (χ1v) is 35.6. The molecule has 0 bridgehead atoms. The van der Waals surface area contributed by atoms with Crippen LogP contribution in [0.5, 0.6) is 0 Å². The molecule has 0 radical (unpaired) electrons. The quantitative estimate of drug-likeness (QED) is 0.0195. The number of aliphatic hydroxyl groups excluding tert-OH is 5. The predicted octanol–water partition coefficient (Wildman–Crippen LogP) is 18.1. The minimum absolute atomic E-state index is 0.00665. The van der Waals surface area contributed by atoms with Gasteiger partial charge in [0.25, 0.3) is 0 Å². The molecule has 1 heterocycles. The number of aliphatic hydroxyl groups is 5. The van der Waals surface area contributed by atoms with E-state index >= 15 is 0 Å². The summed E-state index contributed by atoms with van der Waals surface area (Å²) in [5.41, 5.74) is 0. The van der Waals surface area contributed by atoms with E-state index in [1.807, 2.05) is 6.08 Å². The zero-order valence-electron chi connectivity index (χ0n) is 54.4. The van der Waals surface area contributed by atoms with Crippen molar-refractivity contribution in [3.63, 3.8) is 0 Å².